The van der Waals surface area contributed by atoms with Gasteiger partial charge in [-0.1, -0.05) is 43.7 Å². The average Bonchev–Trinajstić information content (AvgIpc) is 3.05. The molecule has 1 atom stereocenters. The number of hydrogen-bond donors (Lipinski definition) is 2. The molecular formula is C24H32N4O3S. The third-order valence-electron chi connectivity index (χ3n) is 5.36. The molecule has 0 spiro atoms. The quantitative estimate of drug-likeness (QED) is 0.456. The number of nitrogens with zero attached hydrogens (tertiary/aromatic N) is 2. The van der Waals surface area contributed by atoms with Crippen LogP contribution in [0, 0.1) is 19.8 Å². The van der Waals surface area contributed by atoms with Gasteiger partial charge < -0.3 is 9.88 Å². The van der Waals surface area contributed by atoms with E-state index in [1.807, 2.05) is 52.0 Å². The Bertz CT molecular complexity index is 1170. The molecule has 0 aliphatic carbocycles. The summed E-state index contributed by atoms with van der Waals surface area (Å²) in [7, 11) is -3.79. The predicted octanol–water partition coefficient (Wildman–Crippen LogP) is 3.55. The topological polar surface area (TPSA) is 93.1 Å². The van der Waals surface area contributed by atoms with Gasteiger partial charge in [0.25, 0.3) is 0 Å². The van der Waals surface area contributed by atoms with Crippen molar-refractivity contribution in [1.29, 1.82) is 0 Å². The lowest BCUT2D eigenvalue weighted by Crippen LogP contribution is -2.47. The summed E-state index contributed by atoms with van der Waals surface area (Å²) in [6, 6.07) is 13.7. The fourth-order valence-corrected chi connectivity index (χ4v) is 4.91. The highest BCUT2D eigenvalue weighted by molar-refractivity contribution is 7.89. The molecule has 0 saturated heterocycles. The van der Waals surface area contributed by atoms with E-state index in [-0.39, 0.29) is 16.7 Å². The van der Waals surface area contributed by atoms with Crippen LogP contribution in [0.5, 0.6) is 0 Å². The van der Waals surface area contributed by atoms with Crippen LogP contribution >= 0.6 is 0 Å². The molecule has 172 valence electrons. The first-order valence-electron chi connectivity index (χ1n) is 11.0. The highest BCUT2D eigenvalue weighted by Crippen LogP contribution is 2.16. The van der Waals surface area contributed by atoms with Crippen molar-refractivity contribution in [2.45, 2.75) is 58.0 Å². The number of benzene rings is 2. The van der Waals surface area contributed by atoms with Crippen LogP contribution in [0.2, 0.25) is 0 Å². The number of carbonyl (C=O) groups is 1. The Morgan fingerprint density at radius 3 is 2.44 bits per heavy atom. The number of carbonyl (C=O) groups excluding carboxylic acids is 1. The second-order valence-corrected chi connectivity index (χ2v) is 10.3. The van der Waals surface area contributed by atoms with Crippen molar-refractivity contribution in [2.75, 3.05) is 6.54 Å². The summed E-state index contributed by atoms with van der Waals surface area (Å²) in [6.45, 7) is 8.97. The zero-order valence-corrected chi connectivity index (χ0v) is 19.9. The maximum atomic E-state index is 12.8. The van der Waals surface area contributed by atoms with E-state index in [9.17, 15) is 13.2 Å². The second kappa shape index (κ2) is 10.3. The van der Waals surface area contributed by atoms with Gasteiger partial charge in [0.15, 0.2) is 0 Å². The molecule has 8 heteroatoms. The Labute approximate surface area is 190 Å². The molecule has 32 heavy (non-hydrogen) atoms. The minimum Gasteiger partial charge on any atom is -0.355 e. The molecule has 1 heterocycles. The van der Waals surface area contributed by atoms with Gasteiger partial charge in [-0.05, 0) is 56.9 Å². The summed E-state index contributed by atoms with van der Waals surface area (Å²) in [4.78, 5) is 17.5. The van der Waals surface area contributed by atoms with Gasteiger partial charge in [-0.3, -0.25) is 4.79 Å². The number of para-hydroxylation sites is 2. The van der Waals surface area contributed by atoms with Crippen molar-refractivity contribution in [1.82, 2.24) is 19.6 Å². The first kappa shape index (κ1) is 23.9. The molecule has 2 N–H and O–H groups in total. The number of nitrogens with one attached hydrogen (secondary N) is 2. The van der Waals surface area contributed by atoms with Crippen LogP contribution < -0.4 is 10.0 Å². The van der Waals surface area contributed by atoms with Gasteiger partial charge in [0.05, 0.1) is 15.9 Å². The van der Waals surface area contributed by atoms with Gasteiger partial charge in [-0.25, -0.2) is 13.4 Å². The molecule has 7 nitrogen and oxygen atoms in total. The average molecular weight is 457 g/mol. The number of hydrogen-bond acceptors (Lipinski definition) is 4. The van der Waals surface area contributed by atoms with Crippen molar-refractivity contribution in [2.24, 2.45) is 5.92 Å². The van der Waals surface area contributed by atoms with Gasteiger partial charge in [0.1, 0.15) is 11.9 Å². The zero-order chi connectivity index (χ0) is 23.3. The molecule has 3 aromatic rings. The van der Waals surface area contributed by atoms with Gasteiger partial charge in [-0.2, -0.15) is 4.72 Å². The van der Waals surface area contributed by atoms with E-state index in [0.29, 0.717) is 19.4 Å². The summed E-state index contributed by atoms with van der Waals surface area (Å²) in [6.07, 6.45) is 1.13. The van der Waals surface area contributed by atoms with Crippen LogP contribution in [-0.2, 0) is 21.4 Å². The van der Waals surface area contributed by atoms with Crippen molar-refractivity contribution in [3.05, 3.63) is 59.9 Å². The molecule has 0 radical (unpaired) electrons. The van der Waals surface area contributed by atoms with E-state index >= 15 is 0 Å². The van der Waals surface area contributed by atoms with E-state index in [1.54, 1.807) is 24.3 Å². The van der Waals surface area contributed by atoms with Crippen molar-refractivity contribution >= 4 is 27.0 Å². The van der Waals surface area contributed by atoms with Gasteiger partial charge in [0, 0.05) is 13.1 Å². The lowest BCUT2D eigenvalue weighted by atomic mass is 10.0. The number of amides is 1. The third kappa shape index (κ3) is 5.95. The molecule has 3 rings (SSSR count). The third-order valence-corrected chi connectivity index (χ3v) is 6.84. The maximum Gasteiger partial charge on any atom is 0.241 e. The smallest absolute Gasteiger partial charge is 0.241 e. The van der Waals surface area contributed by atoms with Gasteiger partial charge in [-0.15, -0.1) is 0 Å². The Morgan fingerprint density at radius 2 is 1.75 bits per heavy atom. The minimum absolute atomic E-state index is 0.159. The molecule has 1 aromatic heterocycles. The molecule has 0 fully saturated rings. The van der Waals surface area contributed by atoms with Crippen LogP contribution in [-0.4, -0.2) is 36.5 Å². The first-order valence-corrected chi connectivity index (χ1v) is 12.4. The number of aromatic nitrogens is 2. The van der Waals surface area contributed by atoms with E-state index in [2.05, 4.69) is 19.6 Å². The predicted molar refractivity (Wildman–Crippen MR) is 127 cm³/mol. The number of sulfonamides is 1. The van der Waals surface area contributed by atoms with E-state index in [0.717, 1.165) is 29.0 Å². The first-order chi connectivity index (χ1) is 15.2. The molecule has 2 aromatic carbocycles. The molecule has 1 amide bonds. The van der Waals surface area contributed by atoms with Crippen molar-refractivity contribution in [3.63, 3.8) is 0 Å². The number of rotatable bonds is 10. The van der Waals surface area contributed by atoms with Crippen LogP contribution in [0.1, 0.15) is 38.1 Å². The van der Waals surface area contributed by atoms with Gasteiger partial charge >= 0.3 is 0 Å². The number of aryl methyl sites for hydroxylation is 3. The Morgan fingerprint density at radius 1 is 1.06 bits per heavy atom. The fraction of sp³-hybridized carbons (Fsp3) is 0.417. The van der Waals surface area contributed by atoms with Crippen LogP contribution in [0.15, 0.2) is 53.4 Å². The molecule has 0 aliphatic rings. The zero-order valence-electron chi connectivity index (χ0n) is 19.1. The second-order valence-electron chi connectivity index (χ2n) is 8.56. The van der Waals surface area contributed by atoms with Crippen LogP contribution in [0.3, 0.4) is 0 Å². The number of imidazole rings is 1. The normalized spacial score (nSPS) is 12.9. The summed E-state index contributed by atoms with van der Waals surface area (Å²) >= 11 is 0. The molecule has 1 unspecified atom stereocenters. The Balaban J connectivity index is 1.61. The SMILES string of the molecule is Cc1ccc(S(=O)(=O)NC(CC(C)C)C(=O)NCCCn2c(C)nc3ccccc32)cc1. The maximum absolute atomic E-state index is 12.8. The van der Waals surface area contributed by atoms with Gasteiger partial charge in [0.2, 0.25) is 15.9 Å². The summed E-state index contributed by atoms with van der Waals surface area (Å²) < 4.78 is 30.3. The van der Waals surface area contributed by atoms with Crippen LogP contribution in [0.25, 0.3) is 11.0 Å². The van der Waals surface area contributed by atoms with Crippen LogP contribution in [0.4, 0.5) is 0 Å². The molecule has 0 saturated carbocycles. The van der Waals surface area contributed by atoms with Crippen molar-refractivity contribution < 1.29 is 13.2 Å². The Kier molecular flexibility index (Phi) is 7.69. The highest BCUT2D eigenvalue weighted by atomic mass is 32.2. The van der Waals surface area contributed by atoms with E-state index in [4.69, 9.17) is 0 Å². The standard InChI is InChI=1S/C24H32N4O3S/c1-17(2)16-22(27-32(30,31)20-12-10-18(3)11-13-20)24(29)25-14-7-15-28-19(4)26-21-8-5-6-9-23(21)28/h5-6,8-13,17,22,27H,7,14-16H2,1-4H3,(H,25,29). The Hall–Kier alpha value is -2.71. The van der Waals surface area contributed by atoms with Crippen molar-refractivity contribution in [3.8, 4) is 0 Å². The monoisotopic (exact) mass is 456 g/mol. The van der Waals surface area contributed by atoms with E-state index in [1.165, 1.54) is 0 Å². The van der Waals surface area contributed by atoms with E-state index < -0.39 is 16.1 Å². The lowest BCUT2D eigenvalue weighted by molar-refractivity contribution is -0.123. The summed E-state index contributed by atoms with van der Waals surface area (Å²) in [5.74, 6) is 0.786. The molecule has 0 bridgehead atoms. The molecule has 0 aliphatic heterocycles. The fourth-order valence-electron chi connectivity index (χ4n) is 3.70. The summed E-state index contributed by atoms with van der Waals surface area (Å²) in [5, 5.41) is 2.90. The molecular weight excluding hydrogens is 424 g/mol. The lowest BCUT2D eigenvalue weighted by Gasteiger charge is -2.20. The number of fused-ring (bicyclic) bond motifs is 1. The summed E-state index contributed by atoms with van der Waals surface area (Å²) in [5.41, 5.74) is 3.00. The largest absolute Gasteiger partial charge is 0.355 e. The minimum atomic E-state index is -3.79. The highest BCUT2D eigenvalue weighted by Gasteiger charge is 2.26.